The molecule has 6 rings (SSSR count). The first kappa shape index (κ1) is 20.7. The molecule has 0 N–H and O–H groups in total. The predicted molar refractivity (Wildman–Crippen MR) is 149 cm³/mol. The Balaban J connectivity index is 1.58. The number of hydrogen-bond acceptors (Lipinski definition) is 0. The molecular weight excluding hydrogens is 531 g/mol. The van der Waals surface area contributed by atoms with Crippen LogP contribution in [0.4, 0.5) is 0 Å². The van der Waals surface area contributed by atoms with Crippen molar-refractivity contribution in [3.8, 4) is 33.4 Å². The van der Waals surface area contributed by atoms with Gasteiger partial charge in [-0.1, -0.05) is 145 Å². The van der Waals surface area contributed by atoms with Crippen LogP contribution < -0.4 is 16.4 Å². The van der Waals surface area contributed by atoms with Crippen LogP contribution in [0.15, 0.2) is 124 Å². The molecule has 0 radical (unpaired) electrons. The van der Waals surface area contributed by atoms with Crippen molar-refractivity contribution < 1.29 is 0 Å². The minimum Gasteiger partial charge on any atom is -0.0664 e. The summed E-state index contributed by atoms with van der Waals surface area (Å²) in [6.07, 6.45) is 0. The molecule has 0 aromatic heterocycles. The molecule has 0 fully saturated rings. The van der Waals surface area contributed by atoms with Gasteiger partial charge in [0.05, 0.1) is 0 Å². The van der Waals surface area contributed by atoms with Crippen LogP contribution in [0.5, 0.6) is 0 Å². The molecule has 0 saturated carbocycles. The van der Waals surface area contributed by atoms with Crippen molar-refractivity contribution in [1.29, 1.82) is 0 Å². The lowest BCUT2D eigenvalue weighted by Gasteiger charge is -2.13. The second kappa shape index (κ2) is 8.48. The summed E-state index contributed by atoms with van der Waals surface area (Å²) in [7, 11) is 0. The van der Waals surface area contributed by atoms with E-state index in [2.05, 4.69) is 147 Å². The molecule has 5 aromatic carbocycles. The standard InChI is InChI=1S/C30H19BBr2/c32-25-17-24(18-26(33)19-25)31-29-13-11-22(20-7-3-1-4-8-20)15-27(29)28-16-23(12-14-30(28)31)21-9-5-2-6-10-21/h1-19H. The van der Waals surface area contributed by atoms with Gasteiger partial charge in [-0.15, -0.1) is 0 Å². The molecular formula is C30H19BBr2. The van der Waals surface area contributed by atoms with Crippen molar-refractivity contribution in [3.63, 3.8) is 0 Å². The topological polar surface area (TPSA) is 0 Å². The summed E-state index contributed by atoms with van der Waals surface area (Å²) in [4.78, 5) is 0. The molecule has 0 saturated heterocycles. The molecule has 0 unspecified atom stereocenters. The quantitative estimate of drug-likeness (QED) is 0.208. The Labute approximate surface area is 211 Å². The van der Waals surface area contributed by atoms with Gasteiger partial charge in [0, 0.05) is 8.95 Å². The average molecular weight is 550 g/mol. The van der Waals surface area contributed by atoms with E-state index >= 15 is 0 Å². The number of fused-ring (bicyclic) bond motifs is 3. The fourth-order valence-electron chi connectivity index (χ4n) is 4.97. The van der Waals surface area contributed by atoms with Gasteiger partial charge in [0.1, 0.15) is 0 Å². The van der Waals surface area contributed by atoms with Crippen LogP contribution in [-0.2, 0) is 0 Å². The van der Waals surface area contributed by atoms with Gasteiger partial charge < -0.3 is 0 Å². The van der Waals surface area contributed by atoms with Crippen LogP contribution in [-0.4, -0.2) is 6.71 Å². The Morgan fingerprint density at radius 2 is 0.879 bits per heavy atom. The van der Waals surface area contributed by atoms with Gasteiger partial charge in [-0.2, -0.15) is 0 Å². The maximum absolute atomic E-state index is 3.69. The first-order valence-corrected chi connectivity index (χ1v) is 12.6. The highest BCUT2D eigenvalue weighted by atomic mass is 79.9. The molecule has 5 aromatic rings. The normalized spacial score (nSPS) is 11.9. The van der Waals surface area contributed by atoms with Crippen molar-refractivity contribution in [3.05, 3.63) is 124 Å². The Morgan fingerprint density at radius 1 is 0.424 bits per heavy atom. The predicted octanol–water partition coefficient (Wildman–Crippen LogP) is 7.04. The van der Waals surface area contributed by atoms with Gasteiger partial charge >= 0.3 is 0 Å². The van der Waals surface area contributed by atoms with Crippen molar-refractivity contribution in [1.82, 2.24) is 0 Å². The van der Waals surface area contributed by atoms with E-state index in [1.54, 1.807) is 0 Å². The van der Waals surface area contributed by atoms with Crippen LogP contribution in [0.1, 0.15) is 0 Å². The third kappa shape index (κ3) is 3.80. The fraction of sp³-hybridized carbons (Fsp3) is 0. The SMILES string of the molecule is Brc1cc(Br)cc(B2c3ccc(-c4ccccc4)cc3-c3cc(-c4ccccc4)ccc32)c1. The largest absolute Gasteiger partial charge is 0.242 e. The van der Waals surface area contributed by atoms with Crippen molar-refractivity contribution >= 4 is 55.0 Å². The van der Waals surface area contributed by atoms with Crippen LogP contribution in [0, 0.1) is 0 Å². The highest BCUT2D eigenvalue weighted by molar-refractivity contribution is 9.11. The molecule has 0 spiro atoms. The highest BCUT2D eigenvalue weighted by Gasteiger charge is 2.34. The molecule has 0 amide bonds. The molecule has 0 nitrogen and oxygen atoms in total. The van der Waals surface area contributed by atoms with E-state index in [0.29, 0.717) is 0 Å². The first-order chi connectivity index (χ1) is 16.2. The van der Waals surface area contributed by atoms with Crippen LogP contribution in [0.2, 0.25) is 0 Å². The minimum absolute atomic E-state index is 0.207. The summed E-state index contributed by atoms with van der Waals surface area (Å²) in [6.45, 7) is 0.207. The maximum Gasteiger partial charge on any atom is 0.242 e. The van der Waals surface area contributed by atoms with E-state index in [1.165, 1.54) is 49.8 Å². The highest BCUT2D eigenvalue weighted by Crippen LogP contribution is 2.32. The lowest BCUT2D eigenvalue weighted by atomic mass is 9.39. The second-order valence-electron chi connectivity index (χ2n) is 8.47. The van der Waals surface area contributed by atoms with E-state index < -0.39 is 0 Å². The first-order valence-electron chi connectivity index (χ1n) is 11.0. The second-order valence-corrected chi connectivity index (χ2v) is 10.3. The Morgan fingerprint density at radius 3 is 1.33 bits per heavy atom. The third-order valence-electron chi connectivity index (χ3n) is 6.45. The van der Waals surface area contributed by atoms with E-state index in [1.807, 2.05) is 0 Å². The molecule has 156 valence electrons. The van der Waals surface area contributed by atoms with Crippen LogP contribution in [0.3, 0.4) is 0 Å². The smallest absolute Gasteiger partial charge is 0.0664 e. The summed E-state index contributed by atoms with van der Waals surface area (Å²) in [5.74, 6) is 0. The number of rotatable bonds is 3. The number of hydrogen-bond donors (Lipinski definition) is 0. The molecule has 3 heteroatoms. The maximum atomic E-state index is 3.69. The van der Waals surface area contributed by atoms with Crippen LogP contribution in [0.25, 0.3) is 33.4 Å². The van der Waals surface area contributed by atoms with Crippen molar-refractivity contribution in [2.75, 3.05) is 0 Å². The number of benzene rings is 5. The summed E-state index contributed by atoms with van der Waals surface area (Å²) in [5.41, 5.74) is 11.7. The van der Waals surface area contributed by atoms with Crippen molar-refractivity contribution in [2.45, 2.75) is 0 Å². The van der Waals surface area contributed by atoms with Gasteiger partial charge in [0.15, 0.2) is 0 Å². The molecule has 1 heterocycles. The summed E-state index contributed by atoms with van der Waals surface area (Å²) in [5, 5.41) is 0. The molecule has 0 aliphatic carbocycles. The molecule has 0 atom stereocenters. The van der Waals surface area contributed by atoms with Crippen molar-refractivity contribution in [2.24, 2.45) is 0 Å². The lowest BCUT2D eigenvalue weighted by Crippen LogP contribution is -2.48. The molecule has 33 heavy (non-hydrogen) atoms. The molecule has 1 aliphatic rings. The number of halogens is 2. The van der Waals surface area contributed by atoms with Gasteiger partial charge in [-0.25, -0.2) is 0 Å². The monoisotopic (exact) mass is 548 g/mol. The Hall–Kier alpha value is -2.88. The van der Waals surface area contributed by atoms with E-state index in [9.17, 15) is 0 Å². The lowest BCUT2D eigenvalue weighted by molar-refractivity contribution is 1.61. The zero-order chi connectivity index (χ0) is 22.4. The Kier molecular flexibility index (Phi) is 5.32. The molecule has 1 aliphatic heterocycles. The van der Waals surface area contributed by atoms with Crippen LogP contribution >= 0.6 is 31.9 Å². The van der Waals surface area contributed by atoms with Gasteiger partial charge in [0.25, 0.3) is 0 Å². The summed E-state index contributed by atoms with van der Waals surface area (Å²) >= 11 is 7.39. The van der Waals surface area contributed by atoms with Gasteiger partial charge in [-0.3, -0.25) is 0 Å². The zero-order valence-electron chi connectivity index (χ0n) is 17.8. The van der Waals surface area contributed by atoms with E-state index in [4.69, 9.17) is 0 Å². The van der Waals surface area contributed by atoms with Gasteiger partial charge in [0.2, 0.25) is 6.71 Å². The summed E-state index contributed by atoms with van der Waals surface area (Å²) in [6, 6.07) is 41.7. The van der Waals surface area contributed by atoms with Gasteiger partial charge in [-0.05, 0) is 51.6 Å². The third-order valence-corrected chi connectivity index (χ3v) is 7.37. The minimum atomic E-state index is 0.207. The molecule has 0 bridgehead atoms. The van der Waals surface area contributed by atoms with E-state index in [0.717, 1.165) is 8.95 Å². The fourth-order valence-corrected chi connectivity index (χ4v) is 6.30. The summed E-state index contributed by atoms with van der Waals surface area (Å²) < 4.78 is 2.17. The average Bonchev–Trinajstić information content (AvgIpc) is 3.17. The van der Waals surface area contributed by atoms with E-state index in [-0.39, 0.29) is 6.71 Å². The zero-order valence-corrected chi connectivity index (χ0v) is 21.0. The Bertz CT molecular complexity index is 1370.